The summed E-state index contributed by atoms with van der Waals surface area (Å²) in [5, 5.41) is 3.16. The number of aromatic nitrogens is 2. The lowest BCUT2D eigenvalue weighted by molar-refractivity contribution is 0.404. The molecule has 0 aliphatic heterocycles. The van der Waals surface area contributed by atoms with Gasteiger partial charge in [0.05, 0.1) is 24.7 Å². The monoisotopic (exact) mass is 322 g/mol. The fourth-order valence-electron chi connectivity index (χ4n) is 2.18. The molecule has 3 N–H and O–H groups in total. The average molecular weight is 322 g/mol. The molecule has 3 rings (SSSR count). The largest absolute Gasteiger partial charge is 0.496 e. The molecular weight excluding hydrogens is 304 g/mol. The van der Waals surface area contributed by atoms with Crippen LogP contribution in [-0.4, -0.2) is 17.1 Å². The van der Waals surface area contributed by atoms with Gasteiger partial charge in [0.2, 0.25) is 5.88 Å². The second-order valence-electron chi connectivity index (χ2n) is 5.18. The minimum absolute atomic E-state index is 0.435. The van der Waals surface area contributed by atoms with E-state index in [1.807, 2.05) is 43.3 Å². The van der Waals surface area contributed by atoms with Crippen LogP contribution in [0.2, 0.25) is 0 Å². The van der Waals surface area contributed by atoms with E-state index in [4.69, 9.17) is 15.2 Å². The number of nitrogen functional groups attached to an aromatic ring is 1. The van der Waals surface area contributed by atoms with Crippen molar-refractivity contribution >= 4 is 17.2 Å². The highest BCUT2D eigenvalue weighted by molar-refractivity contribution is 5.68. The van der Waals surface area contributed by atoms with E-state index in [1.165, 1.54) is 0 Å². The van der Waals surface area contributed by atoms with Crippen LogP contribution in [-0.2, 0) is 0 Å². The molecule has 122 valence electrons. The second-order valence-corrected chi connectivity index (χ2v) is 5.18. The molecule has 0 bridgehead atoms. The van der Waals surface area contributed by atoms with Crippen LogP contribution in [0.4, 0.5) is 17.2 Å². The molecule has 0 radical (unpaired) electrons. The summed E-state index contributed by atoms with van der Waals surface area (Å²) in [5.74, 6) is 2.37. The second kappa shape index (κ2) is 6.87. The Balaban J connectivity index is 1.72. The zero-order chi connectivity index (χ0) is 16.9. The van der Waals surface area contributed by atoms with Gasteiger partial charge in [0.1, 0.15) is 17.3 Å². The van der Waals surface area contributed by atoms with E-state index in [9.17, 15) is 0 Å². The maximum absolute atomic E-state index is 5.81. The van der Waals surface area contributed by atoms with Crippen LogP contribution in [0.3, 0.4) is 0 Å². The van der Waals surface area contributed by atoms with Crippen molar-refractivity contribution in [2.24, 2.45) is 0 Å². The van der Waals surface area contributed by atoms with Gasteiger partial charge >= 0.3 is 0 Å². The molecule has 0 unspecified atom stereocenters. The van der Waals surface area contributed by atoms with Crippen molar-refractivity contribution in [1.82, 2.24) is 9.97 Å². The quantitative estimate of drug-likeness (QED) is 0.741. The van der Waals surface area contributed by atoms with Gasteiger partial charge in [-0.2, -0.15) is 0 Å². The predicted octanol–water partition coefficient (Wildman–Crippen LogP) is 3.91. The maximum Gasteiger partial charge on any atom is 0.219 e. The van der Waals surface area contributed by atoms with Gasteiger partial charge in [-0.3, -0.25) is 0 Å². The van der Waals surface area contributed by atoms with Crippen molar-refractivity contribution in [2.45, 2.75) is 6.92 Å². The number of aryl methyl sites for hydroxylation is 1. The first kappa shape index (κ1) is 15.6. The molecule has 0 atom stereocenters. The lowest BCUT2D eigenvalue weighted by Gasteiger charge is -2.10. The smallest absolute Gasteiger partial charge is 0.219 e. The van der Waals surface area contributed by atoms with E-state index in [0.29, 0.717) is 17.4 Å². The first-order chi connectivity index (χ1) is 11.7. The Bertz CT molecular complexity index is 835. The Hall–Kier alpha value is -3.28. The number of hydrogen-bond donors (Lipinski definition) is 2. The number of anilines is 3. The van der Waals surface area contributed by atoms with Crippen LogP contribution in [0, 0.1) is 6.92 Å². The van der Waals surface area contributed by atoms with Crippen LogP contribution < -0.4 is 20.5 Å². The number of benzene rings is 1. The zero-order valence-corrected chi connectivity index (χ0v) is 13.5. The van der Waals surface area contributed by atoms with E-state index in [2.05, 4.69) is 15.3 Å². The highest BCUT2D eigenvalue weighted by atomic mass is 16.5. The molecule has 0 saturated carbocycles. The average Bonchev–Trinajstić information content (AvgIpc) is 2.60. The molecule has 1 aromatic carbocycles. The zero-order valence-electron chi connectivity index (χ0n) is 13.5. The number of nitrogens with zero attached hydrogens (tertiary/aromatic N) is 2. The van der Waals surface area contributed by atoms with Crippen molar-refractivity contribution in [3.05, 3.63) is 60.4 Å². The standard InChI is InChI=1S/C18H18N4O2/c1-12-5-7-14(10-16(12)23-2)24-17-8-6-13(11-21-17)22-15-4-3-9-20-18(15)19/h3-11,22H,1-2H3,(H2,19,20). The third kappa shape index (κ3) is 3.55. The van der Waals surface area contributed by atoms with E-state index >= 15 is 0 Å². The highest BCUT2D eigenvalue weighted by Gasteiger charge is 2.05. The lowest BCUT2D eigenvalue weighted by Crippen LogP contribution is -1.98. The summed E-state index contributed by atoms with van der Waals surface area (Å²) in [4.78, 5) is 8.32. The van der Waals surface area contributed by atoms with E-state index < -0.39 is 0 Å². The molecule has 2 aromatic heterocycles. The fraction of sp³-hybridized carbons (Fsp3) is 0.111. The number of pyridine rings is 2. The van der Waals surface area contributed by atoms with Gasteiger partial charge in [0.25, 0.3) is 0 Å². The maximum atomic E-state index is 5.81. The molecular formula is C18H18N4O2. The summed E-state index contributed by atoms with van der Waals surface area (Å²) in [6.45, 7) is 1.98. The van der Waals surface area contributed by atoms with Gasteiger partial charge in [-0.25, -0.2) is 9.97 Å². The molecule has 0 spiro atoms. The van der Waals surface area contributed by atoms with E-state index in [-0.39, 0.29) is 0 Å². The SMILES string of the molecule is COc1cc(Oc2ccc(Nc3cccnc3N)cn2)ccc1C. The van der Waals surface area contributed by atoms with Gasteiger partial charge < -0.3 is 20.5 Å². The summed E-state index contributed by atoms with van der Waals surface area (Å²) in [6, 6.07) is 13.0. The van der Waals surface area contributed by atoms with Gasteiger partial charge in [0.15, 0.2) is 0 Å². The molecule has 6 heteroatoms. The Morgan fingerprint density at radius 1 is 1.08 bits per heavy atom. The Morgan fingerprint density at radius 2 is 1.96 bits per heavy atom. The van der Waals surface area contributed by atoms with Crippen LogP contribution in [0.5, 0.6) is 17.4 Å². The summed E-state index contributed by atoms with van der Waals surface area (Å²) >= 11 is 0. The Morgan fingerprint density at radius 3 is 2.67 bits per heavy atom. The van der Waals surface area contributed by atoms with Gasteiger partial charge in [-0.1, -0.05) is 6.07 Å². The number of hydrogen-bond acceptors (Lipinski definition) is 6. The van der Waals surface area contributed by atoms with Gasteiger partial charge in [-0.05, 0) is 36.8 Å². The summed E-state index contributed by atoms with van der Waals surface area (Å²) in [7, 11) is 1.63. The van der Waals surface area contributed by atoms with E-state index in [0.717, 1.165) is 22.7 Å². The molecule has 0 saturated heterocycles. The summed E-state index contributed by atoms with van der Waals surface area (Å²) in [5.41, 5.74) is 8.38. The number of rotatable bonds is 5. The molecule has 3 aromatic rings. The molecule has 0 aliphatic carbocycles. The highest BCUT2D eigenvalue weighted by Crippen LogP contribution is 2.28. The number of ether oxygens (including phenoxy) is 2. The lowest BCUT2D eigenvalue weighted by atomic mass is 10.2. The van der Waals surface area contributed by atoms with Crippen molar-refractivity contribution in [3.8, 4) is 17.4 Å². The third-order valence-electron chi connectivity index (χ3n) is 3.46. The number of nitrogens with one attached hydrogen (secondary N) is 1. The Kier molecular flexibility index (Phi) is 4.47. The normalized spacial score (nSPS) is 10.2. The van der Waals surface area contributed by atoms with Gasteiger partial charge in [0, 0.05) is 18.3 Å². The minimum Gasteiger partial charge on any atom is -0.496 e. The predicted molar refractivity (Wildman–Crippen MR) is 94.0 cm³/mol. The van der Waals surface area contributed by atoms with Crippen molar-refractivity contribution in [1.29, 1.82) is 0 Å². The van der Waals surface area contributed by atoms with Crippen molar-refractivity contribution < 1.29 is 9.47 Å². The first-order valence-electron chi connectivity index (χ1n) is 7.42. The topological polar surface area (TPSA) is 82.3 Å². The third-order valence-corrected chi connectivity index (χ3v) is 3.46. The van der Waals surface area contributed by atoms with Gasteiger partial charge in [-0.15, -0.1) is 0 Å². The van der Waals surface area contributed by atoms with Crippen LogP contribution in [0.1, 0.15) is 5.56 Å². The molecule has 2 heterocycles. The molecule has 0 amide bonds. The number of nitrogens with two attached hydrogens (primary N) is 1. The summed E-state index contributed by atoms with van der Waals surface area (Å²) < 4.78 is 11.0. The molecule has 0 fully saturated rings. The minimum atomic E-state index is 0.435. The van der Waals surface area contributed by atoms with Crippen molar-refractivity contribution in [2.75, 3.05) is 18.2 Å². The fourth-order valence-corrected chi connectivity index (χ4v) is 2.18. The van der Waals surface area contributed by atoms with Crippen LogP contribution in [0.25, 0.3) is 0 Å². The van der Waals surface area contributed by atoms with Crippen LogP contribution in [0.15, 0.2) is 54.9 Å². The molecule has 0 aliphatic rings. The molecule has 6 nitrogen and oxygen atoms in total. The molecule has 24 heavy (non-hydrogen) atoms. The van der Waals surface area contributed by atoms with Crippen molar-refractivity contribution in [3.63, 3.8) is 0 Å². The number of methoxy groups -OCH3 is 1. The van der Waals surface area contributed by atoms with E-state index in [1.54, 1.807) is 25.6 Å². The summed E-state index contributed by atoms with van der Waals surface area (Å²) in [6.07, 6.45) is 3.32. The van der Waals surface area contributed by atoms with Crippen LogP contribution >= 0.6 is 0 Å². The Labute approximate surface area is 140 Å². The first-order valence-corrected chi connectivity index (χ1v) is 7.42.